The van der Waals surface area contributed by atoms with Crippen LogP contribution in [0.1, 0.15) is 32.7 Å². The van der Waals surface area contributed by atoms with E-state index < -0.39 is 17.7 Å². The van der Waals surface area contributed by atoms with E-state index in [2.05, 4.69) is 5.32 Å². The molecule has 6 nitrogen and oxygen atoms in total. The Balaban J connectivity index is 1.44. The smallest absolute Gasteiger partial charge is 0.262 e. The highest BCUT2D eigenvalue weighted by Crippen LogP contribution is 2.27. The average molecular weight is 379 g/mol. The maximum absolute atomic E-state index is 12.4. The molecule has 2 aromatic carbocycles. The number of amides is 3. The summed E-state index contributed by atoms with van der Waals surface area (Å²) in [4.78, 5) is 40.0. The van der Waals surface area contributed by atoms with Crippen LogP contribution < -0.4 is 10.2 Å². The number of carbonyl (C=O) groups excluding carboxylic acids is 3. The van der Waals surface area contributed by atoms with Crippen molar-refractivity contribution in [3.05, 3.63) is 65.2 Å². The number of thiocarbonyl (C=S) groups is 1. The van der Waals surface area contributed by atoms with Crippen LogP contribution in [0.2, 0.25) is 0 Å². The number of benzene rings is 2. The molecule has 2 heterocycles. The van der Waals surface area contributed by atoms with E-state index in [-0.39, 0.29) is 11.7 Å². The predicted octanol–water partition coefficient (Wildman–Crippen LogP) is 2.14. The lowest BCUT2D eigenvalue weighted by atomic mass is 10.0. The van der Waals surface area contributed by atoms with E-state index in [1.165, 1.54) is 5.56 Å². The van der Waals surface area contributed by atoms with Gasteiger partial charge in [-0.3, -0.25) is 19.3 Å². The molecule has 0 aromatic heterocycles. The first kappa shape index (κ1) is 17.4. The van der Waals surface area contributed by atoms with Gasteiger partial charge in [-0.05, 0) is 48.8 Å². The number of imide groups is 1. The monoisotopic (exact) mass is 379 g/mol. The summed E-state index contributed by atoms with van der Waals surface area (Å²) >= 11 is 5.40. The van der Waals surface area contributed by atoms with Crippen LogP contribution in [0.5, 0.6) is 0 Å². The van der Waals surface area contributed by atoms with E-state index in [1.807, 2.05) is 29.2 Å². The van der Waals surface area contributed by atoms with E-state index in [1.54, 1.807) is 24.3 Å². The zero-order valence-electron chi connectivity index (χ0n) is 14.5. The predicted molar refractivity (Wildman–Crippen MR) is 105 cm³/mol. The van der Waals surface area contributed by atoms with Gasteiger partial charge in [-0.25, -0.2) is 0 Å². The molecule has 3 amide bonds. The van der Waals surface area contributed by atoms with Crippen LogP contribution in [-0.2, 0) is 11.2 Å². The summed E-state index contributed by atoms with van der Waals surface area (Å²) in [5, 5.41) is 2.94. The Morgan fingerprint density at radius 3 is 2.33 bits per heavy atom. The molecule has 0 atom stereocenters. The summed E-state index contributed by atoms with van der Waals surface area (Å²) in [6.07, 6.45) is 1.91. The van der Waals surface area contributed by atoms with Crippen LogP contribution in [-0.4, -0.2) is 40.8 Å². The highest BCUT2D eigenvalue weighted by molar-refractivity contribution is 7.80. The maximum Gasteiger partial charge on any atom is 0.262 e. The molecular weight excluding hydrogens is 362 g/mol. The number of aryl methyl sites for hydroxylation is 1. The molecule has 0 saturated carbocycles. The number of anilines is 1. The molecular formula is C20H17N3O3S. The first-order chi connectivity index (χ1) is 13.1. The molecule has 2 aliphatic rings. The molecule has 4 rings (SSSR count). The number of nitrogens with zero attached hydrogens (tertiary/aromatic N) is 2. The maximum atomic E-state index is 12.4. The first-order valence-electron chi connectivity index (χ1n) is 8.71. The van der Waals surface area contributed by atoms with E-state index in [0.29, 0.717) is 17.7 Å². The number of rotatable bonds is 2. The van der Waals surface area contributed by atoms with Crippen LogP contribution in [0.15, 0.2) is 48.5 Å². The minimum Gasteiger partial charge on any atom is -0.318 e. The van der Waals surface area contributed by atoms with Crippen molar-refractivity contribution in [2.75, 3.05) is 18.0 Å². The molecule has 0 spiro atoms. The van der Waals surface area contributed by atoms with Crippen LogP contribution in [0.3, 0.4) is 0 Å². The SMILES string of the molecule is O=C(CN1C(=O)c2ccccc2C1=O)NC(=S)N1CCCc2ccccc21. The van der Waals surface area contributed by atoms with E-state index in [9.17, 15) is 14.4 Å². The van der Waals surface area contributed by atoms with Crippen LogP contribution in [0, 0.1) is 0 Å². The lowest BCUT2D eigenvalue weighted by molar-refractivity contribution is -0.120. The van der Waals surface area contributed by atoms with Gasteiger partial charge in [0.15, 0.2) is 5.11 Å². The Bertz CT molecular complexity index is 937. The van der Waals surface area contributed by atoms with Crippen molar-refractivity contribution >= 4 is 40.7 Å². The highest BCUT2D eigenvalue weighted by atomic mass is 32.1. The van der Waals surface area contributed by atoms with Gasteiger partial charge in [0.1, 0.15) is 6.54 Å². The van der Waals surface area contributed by atoms with Crippen molar-refractivity contribution in [1.82, 2.24) is 10.2 Å². The van der Waals surface area contributed by atoms with Gasteiger partial charge in [0.05, 0.1) is 11.1 Å². The molecule has 0 saturated heterocycles. The Hall–Kier alpha value is -3.06. The number of nitrogens with one attached hydrogen (secondary N) is 1. The summed E-state index contributed by atoms with van der Waals surface area (Å²) in [7, 11) is 0. The van der Waals surface area contributed by atoms with Crippen LogP contribution in [0.25, 0.3) is 0 Å². The number of hydrogen-bond acceptors (Lipinski definition) is 4. The quantitative estimate of drug-likeness (QED) is 0.640. The fourth-order valence-corrected chi connectivity index (χ4v) is 3.80. The van der Waals surface area contributed by atoms with Crippen molar-refractivity contribution in [2.45, 2.75) is 12.8 Å². The minimum absolute atomic E-state index is 0.281. The van der Waals surface area contributed by atoms with Gasteiger partial charge < -0.3 is 10.2 Å². The van der Waals surface area contributed by atoms with Crippen LogP contribution >= 0.6 is 12.2 Å². The summed E-state index contributed by atoms with van der Waals surface area (Å²) in [6.45, 7) is 0.352. The largest absolute Gasteiger partial charge is 0.318 e. The lowest BCUT2D eigenvalue weighted by Gasteiger charge is -2.31. The Morgan fingerprint density at radius 1 is 1.00 bits per heavy atom. The van der Waals surface area contributed by atoms with Crippen molar-refractivity contribution in [3.63, 3.8) is 0 Å². The summed E-state index contributed by atoms with van der Waals surface area (Å²) in [6, 6.07) is 14.5. The average Bonchev–Trinajstić information content (AvgIpc) is 2.92. The molecule has 27 heavy (non-hydrogen) atoms. The Kier molecular flexibility index (Phi) is 4.45. The van der Waals surface area contributed by atoms with Crippen molar-refractivity contribution in [1.29, 1.82) is 0 Å². The van der Waals surface area contributed by atoms with Gasteiger partial charge in [-0.2, -0.15) is 0 Å². The lowest BCUT2D eigenvalue weighted by Crippen LogP contribution is -2.48. The van der Waals surface area contributed by atoms with Gasteiger partial charge in [-0.1, -0.05) is 30.3 Å². The van der Waals surface area contributed by atoms with Gasteiger partial charge in [0.25, 0.3) is 11.8 Å². The minimum atomic E-state index is -0.488. The molecule has 7 heteroatoms. The van der Waals surface area contributed by atoms with E-state index in [4.69, 9.17) is 12.2 Å². The molecule has 0 bridgehead atoms. The number of fused-ring (bicyclic) bond motifs is 2. The molecule has 0 unspecified atom stereocenters. The fraction of sp³-hybridized carbons (Fsp3) is 0.200. The molecule has 1 N–H and O–H groups in total. The fourth-order valence-electron chi connectivity index (χ4n) is 3.50. The van der Waals surface area contributed by atoms with E-state index >= 15 is 0 Å². The normalized spacial score (nSPS) is 15.4. The van der Waals surface area contributed by atoms with Gasteiger partial charge in [0, 0.05) is 12.2 Å². The summed E-state index contributed by atoms with van der Waals surface area (Å²) in [5.41, 5.74) is 2.81. The second-order valence-corrected chi connectivity index (χ2v) is 6.87. The molecule has 136 valence electrons. The van der Waals surface area contributed by atoms with Gasteiger partial charge >= 0.3 is 0 Å². The molecule has 2 aliphatic heterocycles. The number of para-hydroxylation sites is 1. The van der Waals surface area contributed by atoms with Crippen LogP contribution in [0.4, 0.5) is 5.69 Å². The van der Waals surface area contributed by atoms with E-state index in [0.717, 1.165) is 23.4 Å². The number of hydrogen-bond donors (Lipinski definition) is 1. The third-order valence-corrected chi connectivity index (χ3v) is 5.10. The second kappa shape index (κ2) is 6.92. The topological polar surface area (TPSA) is 69.7 Å². The highest BCUT2D eigenvalue weighted by Gasteiger charge is 2.36. The van der Waals surface area contributed by atoms with Crippen molar-refractivity contribution in [2.24, 2.45) is 0 Å². The zero-order valence-corrected chi connectivity index (χ0v) is 15.3. The van der Waals surface area contributed by atoms with Gasteiger partial charge in [-0.15, -0.1) is 0 Å². The Morgan fingerprint density at radius 2 is 1.63 bits per heavy atom. The molecule has 0 radical (unpaired) electrons. The third kappa shape index (κ3) is 3.10. The van der Waals surface area contributed by atoms with Gasteiger partial charge in [0.2, 0.25) is 5.91 Å². The standard InChI is InChI=1S/C20H17N3O3S/c24-17(12-23-18(25)14-8-2-3-9-15(14)19(23)26)21-20(27)22-11-5-7-13-6-1-4-10-16(13)22/h1-4,6,8-10H,5,7,11-12H2,(H,21,24,27). The van der Waals surface area contributed by atoms with Crippen molar-refractivity contribution < 1.29 is 14.4 Å². The molecule has 0 fully saturated rings. The molecule has 2 aromatic rings. The third-order valence-electron chi connectivity index (χ3n) is 4.78. The molecule has 0 aliphatic carbocycles. The second-order valence-electron chi connectivity index (χ2n) is 6.48. The first-order valence-corrected chi connectivity index (χ1v) is 9.11. The zero-order chi connectivity index (χ0) is 19.0. The Labute approximate surface area is 161 Å². The summed E-state index contributed by atoms with van der Waals surface area (Å²) < 4.78 is 0. The summed E-state index contributed by atoms with van der Waals surface area (Å²) in [5.74, 6) is -1.41. The van der Waals surface area contributed by atoms with Crippen molar-refractivity contribution in [3.8, 4) is 0 Å². The number of carbonyl (C=O) groups is 3.